The quantitative estimate of drug-likeness (QED) is 0.737. The highest BCUT2D eigenvalue weighted by Crippen LogP contribution is 2.23. The fourth-order valence-electron chi connectivity index (χ4n) is 1.46. The van der Waals surface area contributed by atoms with E-state index in [0.29, 0.717) is 6.04 Å². The van der Waals surface area contributed by atoms with Crippen LogP contribution < -0.4 is 5.32 Å². The van der Waals surface area contributed by atoms with E-state index in [1.165, 1.54) is 12.0 Å². The highest BCUT2D eigenvalue weighted by atomic mass is 35.5. The third kappa shape index (κ3) is 2.01. The van der Waals surface area contributed by atoms with Crippen LogP contribution >= 0.6 is 12.4 Å². The van der Waals surface area contributed by atoms with Gasteiger partial charge in [-0.15, -0.1) is 12.4 Å². The molecule has 0 spiro atoms. The van der Waals surface area contributed by atoms with Crippen LogP contribution in [0.3, 0.4) is 0 Å². The van der Waals surface area contributed by atoms with Crippen LogP contribution in [0.1, 0.15) is 23.6 Å². The summed E-state index contributed by atoms with van der Waals surface area (Å²) >= 11 is 0. The lowest BCUT2D eigenvalue weighted by Crippen LogP contribution is -2.34. The van der Waals surface area contributed by atoms with Gasteiger partial charge in [-0.3, -0.25) is 0 Å². The van der Waals surface area contributed by atoms with Crippen LogP contribution in [0.4, 0.5) is 4.39 Å². The van der Waals surface area contributed by atoms with Crippen molar-refractivity contribution in [1.82, 2.24) is 5.32 Å². The second-order valence-electron chi connectivity index (χ2n) is 3.30. The molecule has 1 atom stereocenters. The van der Waals surface area contributed by atoms with E-state index in [4.69, 9.17) is 0 Å². The molecule has 1 nitrogen and oxygen atoms in total. The van der Waals surface area contributed by atoms with Crippen LogP contribution in [0.2, 0.25) is 0 Å². The molecule has 1 aliphatic rings. The Balaban J connectivity index is 0.000000845. The normalized spacial score (nSPS) is 20.3. The lowest BCUT2D eigenvalue weighted by atomic mass is 9.97. The van der Waals surface area contributed by atoms with Gasteiger partial charge in [-0.25, -0.2) is 4.39 Å². The molecule has 13 heavy (non-hydrogen) atoms. The smallest absolute Gasteiger partial charge is 0.126 e. The first-order chi connectivity index (χ1) is 5.77. The van der Waals surface area contributed by atoms with Crippen molar-refractivity contribution >= 4 is 12.4 Å². The van der Waals surface area contributed by atoms with Crippen molar-refractivity contribution in [1.29, 1.82) is 0 Å². The second-order valence-corrected chi connectivity index (χ2v) is 3.30. The Bertz CT molecular complexity index is 297. The van der Waals surface area contributed by atoms with Crippen molar-refractivity contribution in [2.45, 2.75) is 19.4 Å². The minimum absolute atomic E-state index is 0. The molecule has 1 saturated heterocycles. The van der Waals surface area contributed by atoms with E-state index in [1.807, 2.05) is 12.1 Å². The molecule has 1 aliphatic heterocycles. The fraction of sp³-hybridized carbons (Fsp3) is 0.400. The first-order valence-electron chi connectivity index (χ1n) is 4.27. The third-order valence-electron chi connectivity index (χ3n) is 2.41. The summed E-state index contributed by atoms with van der Waals surface area (Å²) in [5.74, 6) is -0.113. The maximum atomic E-state index is 12.9. The lowest BCUT2D eigenvalue weighted by Gasteiger charge is -2.28. The summed E-state index contributed by atoms with van der Waals surface area (Å²) in [4.78, 5) is 0. The topological polar surface area (TPSA) is 12.0 Å². The molecule has 0 saturated carbocycles. The average Bonchev–Trinajstić information content (AvgIpc) is 1.93. The molecule has 2 rings (SSSR count). The zero-order chi connectivity index (χ0) is 8.55. The summed E-state index contributed by atoms with van der Waals surface area (Å²) < 4.78 is 12.9. The largest absolute Gasteiger partial charge is 0.310 e. The van der Waals surface area contributed by atoms with Crippen molar-refractivity contribution in [3.63, 3.8) is 0 Å². The molecular weight excluding hydrogens is 189 g/mol. The number of nitrogens with one attached hydrogen (secondary N) is 1. The molecule has 0 amide bonds. The first-order valence-corrected chi connectivity index (χ1v) is 4.27. The molecule has 0 bridgehead atoms. The second kappa shape index (κ2) is 4.07. The summed E-state index contributed by atoms with van der Waals surface area (Å²) in [7, 11) is 0. The molecule has 0 radical (unpaired) electrons. The zero-order valence-corrected chi connectivity index (χ0v) is 8.33. The molecule has 0 aromatic heterocycles. The Hall–Kier alpha value is -0.600. The fourth-order valence-corrected chi connectivity index (χ4v) is 1.46. The molecule has 3 heteroatoms. The van der Waals surface area contributed by atoms with Gasteiger partial charge in [-0.1, -0.05) is 12.1 Å². The highest BCUT2D eigenvalue weighted by Gasteiger charge is 2.18. The van der Waals surface area contributed by atoms with Gasteiger partial charge in [-0.2, -0.15) is 0 Å². The maximum Gasteiger partial charge on any atom is 0.126 e. The average molecular weight is 202 g/mol. The van der Waals surface area contributed by atoms with Crippen molar-refractivity contribution in [2.75, 3.05) is 6.54 Å². The molecule has 72 valence electrons. The molecule has 1 aromatic carbocycles. The Kier molecular flexibility index (Phi) is 3.28. The van der Waals surface area contributed by atoms with Crippen LogP contribution in [0, 0.1) is 12.7 Å². The predicted octanol–water partition coefficient (Wildman–Crippen LogP) is 2.59. The Morgan fingerprint density at radius 3 is 2.62 bits per heavy atom. The van der Waals surface area contributed by atoms with E-state index in [0.717, 1.165) is 12.1 Å². The Morgan fingerprint density at radius 1 is 1.46 bits per heavy atom. The molecule has 0 unspecified atom stereocenters. The van der Waals surface area contributed by atoms with Gasteiger partial charge < -0.3 is 5.32 Å². The zero-order valence-electron chi connectivity index (χ0n) is 7.51. The van der Waals surface area contributed by atoms with Crippen LogP contribution in [-0.2, 0) is 0 Å². The number of halogens is 2. The van der Waals surface area contributed by atoms with Crippen molar-refractivity contribution in [3.05, 3.63) is 35.1 Å². The predicted molar refractivity (Wildman–Crippen MR) is 53.7 cm³/mol. The van der Waals surface area contributed by atoms with Gasteiger partial charge in [0, 0.05) is 6.04 Å². The Morgan fingerprint density at radius 2 is 2.15 bits per heavy atom. The number of rotatable bonds is 1. The summed E-state index contributed by atoms with van der Waals surface area (Å²) in [6.45, 7) is 2.89. The number of hydrogen-bond donors (Lipinski definition) is 1. The van der Waals surface area contributed by atoms with Gasteiger partial charge in [0.25, 0.3) is 0 Å². The first kappa shape index (κ1) is 10.5. The Labute approximate surface area is 83.8 Å². The molecular formula is C10H13ClFN. The number of benzene rings is 1. The summed E-state index contributed by atoms with van der Waals surface area (Å²) in [6, 6.07) is 5.79. The molecule has 0 aliphatic carbocycles. The van der Waals surface area contributed by atoms with Crippen LogP contribution in [0.25, 0.3) is 0 Å². The van der Waals surface area contributed by atoms with Gasteiger partial charge >= 0.3 is 0 Å². The molecule has 1 heterocycles. The van der Waals surface area contributed by atoms with Gasteiger partial charge in [0.2, 0.25) is 0 Å². The van der Waals surface area contributed by atoms with Crippen LogP contribution in [0.15, 0.2) is 18.2 Å². The standard InChI is InChI=1S/C10H12FN.ClH/c1-7-6-8(2-3-9(7)11)10-4-5-12-10;/h2-3,6,10,12H,4-5H2,1H3;1H/t10-;/m0./s1. The van der Waals surface area contributed by atoms with Gasteiger partial charge in [0.1, 0.15) is 5.82 Å². The van der Waals surface area contributed by atoms with E-state index < -0.39 is 0 Å². The summed E-state index contributed by atoms with van der Waals surface area (Å²) in [5.41, 5.74) is 1.95. The monoisotopic (exact) mass is 201 g/mol. The summed E-state index contributed by atoms with van der Waals surface area (Å²) in [6.07, 6.45) is 1.17. The minimum Gasteiger partial charge on any atom is -0.310 e. The van der Waals surface area contributed by atoms with E-state index in [2.05, 4.69) is 5.32 Å². The van der Waals surface area contributed by atoms with Crippen molar-refractivity contribution in [3.8, 4) is 0 Å². The third-order valence-corrected chi connectivity index (χ3v) is 2.41. The summed E-state index contributed by atoms with van der Waals surface area (Å²) in [5, 5.41) is 3.29. The van der Waals surface area contributed by atoms with Gasteiger partial charge in [0.05, 0.1) is 0 Å². The van der Waals surface area contributed by atoms with E-state index in [9.17, 15) is 4.39 Å². The number of aryl methyl sites for hydroxylation is 1. The molecule has 1 fully saturated rings. The lowest BCUT2D eigenvalue weighted by molar-refractivity contribution is 0.382. The van der Waals surface area contributed by atoms with Crippen LogP contribution in [-0.4, -0.2) is 6.54 Å². The van der Waals surface area contributed by atoms with Crippen molar-refractivity contribution in [2.24, 2.45) is 0 Å². The maximum absolute atomic E-state index is 12.9. The van der Waals surface area contributed by atoms with E-state index in [-0.39, 0.29) is 18.2 Å². The molecule has 1 N–H and O–H groups in total. The highest BCUT2D eigenvalue weighted by molar-refractivity contribution is 5.85. The van der Waals surface area contributed by atoms with Gasteiger partial charge in [0.15, 0.2) is 0 Å². The van der Waals surface area contributed by atoms with E-state index >= 15 is 0 Å². The SMILES string of the molecule is Cc1cc([C@@H]2CCN2)ccc1F.Cl. The number of hydrogen-bond acceptors (Lipinski definition) is 1. The van der Waals surface area contributed by atoms with E-state index in [1.54, 1.807) is 13.0 Å². The minimum atomic E-state index is -0.113. The van der Waals surface area contributed by atoms with Gasteiger partial charge in [-0.05, 0) is 37.1 Å². The molecule has 1 aromatic rings. The van der Waals surface area contributed by atoms with Crippen LogP contribution in [0.5, 0.6) is 0 Å². The van der Waals surface area contributed by atoms with Crippen molar-refractivity contribution < 1.29 is 4.39 Å².